The van der Waals surface area contributed by atoms with Gasteiger partial charge < -0.3 is 10.5 Å². The summed E-state index contributed by atoms with van der Waals surface area (Å²) < 4.78 is 5.48. The molecule has 164 valence electrons. The van der Waals surface area contributed by atoms with Gasteiger partial charge >= 0.3 is 5.97 Å². The van der Waals surface area contributed by atoms with E-state index < -0.39 is 32.1 Å². The van der Waals surface area contributed by atoms with Crippen LogP contribution in [0.25, 0.3) is 10.1 Å². The molecule has 0 saturated heterocycles. The fraction of sp³-hybridized carbons (Fsp3) is 0.111. The molecule has 0 fully saturated rings. The molecule has 13 nitrogen and oxygen atoms in total. The molecule has 0 aliphatic heterocycles. The van der Waals surface area contributed by atoms with Crippen LogP contribution in [-0.2, 0) is 4.74 Å². The summed E-state index contributed by atoms with van der Waals surface area (Å²) in [6, 6.07) is 8.75. The number of rotatable bonds is 5. The number of hydrogen-bond donors (Lipinski definition) is 1. The second kappa shape index (κ2) is 9.91. The van der Waals surface area contributed by atoms with Crippen LogP contribution in [0.3, 0.4) is 0 Å². The Kier molecular flexibility index (Phi) is 7.32. The third-order valence-corrected chi connectivity index (χ3v) is 5.04. The lowest BCUT2D eigenvalue weighted by Gasteiger charge is -1.98. The van der Waals surface area contributed by atoms with Crippen molar-refractivity contribution in [3.8, 4) is 6.07 Å². The Morgan fingerprint density at radius 2 is 1.66 bits per heavy atom. The molecule has 3 aromatic rings. The van der Waals surface area contributed by atoms with E-state index in [4.69, 9.17) is 15.7 Å². The molecule has 0 amide bonds. The molecule has 3 rings (SSSR count). The third-order valence-electron chi connectivity index (χ3n) is 3.89. The average Bonchev–Trinajstić information content (AvgIpc) is 3.09. The summed E-state index contributed by atoms with van der Waals surface area (Å²) in [6.07, 6.45) is 0. The van der Waals surface area contributed by atoms with Crippen LogP contribution in [0.4, 0.5) is 22.7 Å². The zero-order chi connectivity index (χ0) is 24.0. The molecule has 0 aliphatic carbocycles. The second-order valence-electron chi connectivity index (χ2n) is 5.83. The van der Waals surface area contributed by atoms with Crippen molar-refractivity contribution in [2.75, 3.05) is 12.3 Å². The zero-order valence-corrected chi connectivity index (χ0v) is 17.0. The summed E-state index contributed by atoms with van der Waals surface area (Å²) in [6.45, 7) is 1.96. The summed E-state index contributed by atoms with van der Waals surface area (Å²) in [5, 5.41) is 40.4. The SMILES string of the molecule is CCOC(=O)c1sc2cc([N+](=O)[O-])ccc2c1N.N#Cc1ccc([N+](=O)[O-])cc1[N+](=O)[O-]. The number of nitro benzene ring substituents is 3. The largest absolute Gasteiger partial charge is 0.462 e. The first-order valence-corrected chi connectivity index (χ1v) is 9.38. The Balaban J connectivity index is 0.000000235. The molecular formula is C18H13N5O8S. The van der Waals surface area contributed by atoms with E-state index in [0.29, 0.717) is 15.8 Å². The average molecular weight is 459 g/mol. The lowest BCUT2D eigenvalue weighted by atomic mass is 10.2. The number of thiophene rings is 1. The quantitative estimate of drug-likeness (QED) is 0.330. The van der Waals surface area contributed by atoms with Crippen LogP contribution in [0.15, 0.2) is 36.4 Å². The number of non-ortho nitro benzene ring substituents is 2. The number of carbonyl (C=O) groups excluding carboxylic acids is 1. The minimum atomic E-state index is -0.828. The van der Waals surface area contributed by atoms with E-state index in [1.54, 1.807) is 19.1 Å². The van der Waals surface area contributed by atoms with Gasteiger partial charge in [0.1, 0.15) is 16.5 Å². The highest BCUT2D eigenvalue weighted by molar-refractivity contribution is 7.21. The van der Waals surface area contributed by atoms with E-state index in [1.807, 2.05) is 0 Å². The number of nitrogens with two attached hydrogens (primary N) is 1. The fourth-order valence-electron chi connectivity index (χ4n) is 2.45. The number of anilines is 1. The van der Waals surface area contributed by atoms with Gasteiger partial charge in [-0.25, -0.2) is 4.79 Å². The van der Waals surface area contributed by atoms with Gasteiger partial charge in [-0.1, -0.05) is 0 Å². The highest BCUT2D eigenvalue weighted by Crippen LogP contribution is 2.36. The van der Waals surface area contributed by atoms with E-state index in [-0.39, 0.29) is 22.7 Å². The number of nitrogens with zero attached hydrogens (tertiary/aromatic N) is 4. The first-order chi connectivity index (χ1) is 15.1. The highest BCUT2D eigenvalue weighted by atomic mass is 32.1. The van der Waals surface area contributed by atoms with Gasteiger partial charge in [0.05, 0.1) is 33.1 Å². The number of hydrogen-bond acceptors (Lipinski definition) is 11. The van der Waals surface area contributed by atoms with Gasteiger partial charge in [0.2, 0.25) is 0 Å². The predicted octanol–water partition coefficient (Wildman–Crippen LogP) is 3.94. The lowest BCUT2D eigenvalue weighted by Crippen LogP contribution is -2.04. The summed E-state index contributed by atoms with van der Waals surface area (Å²) in [4.78, 5) is 41.2. The van der Waals surface area contributed by atoms with Crippen molar-refractivity contribution < 1.29 is 24.3 Å². The van der Waals surface area contributed by atoms with Crippen molar-refractivity contribution in [1.82, 2.24) is 0 Å². The van der Waals surface area contributed by atoms with Crippen molar-refractivity contribution in [2.24, 2.45) is 0 Å². The summed E-state index contributed by atoms with van der Waals surface area (Å²) in [7, 11) is 0. The summed E-state index contributed by atoms with van der Waals surface area (Å²) in [5.74, 6) is -0.501. The van der Waals surface area contributed by atoms with Crippen LogP contribution < -0.4 is 5.73 Å². The van der Waals surface area contributed by atoms with Crippen molar-refractivity contribution in [3.05, 3.63) is 77.2 Å². The van der Waals surface area contributed by atoms with Crippen LogP contribution >= 0.6 is 11.3 Å². The second-order valence-corrected chi connectivity index (χ2v) is 6.88. The van der Waals surface area contributed by atoms with E-state index in [0.717, 1.165) is 29.5 Å². The number of nitro groups is 3. The number of fused-ring (bicyclic) bond motifs is 1. The lowest BCUT2D eigenvalue weighted by molar-refractivity contribution is -0.394. The molecule has 0 radical (unpaired) electrons. The number of esters is 1. The van der Waals surface area contributed by atoms with Gasteiger partial charge in [0.25, 0.3) is 17.1 Å². The summed E-state index contributed by atoms with van der Waals surface area (Å²) in [5.41, 5.74) is 4.96. The molecular weight excluding hydrogens is 446 g/mol. The molecule has 1 aromatic heterocycles. The van der Waals surface area contributed by atoms with Gasteiger partial charge in [-0.3, -0.25) is 30.3 Å². The van der Waals surface area contributed by atoms with E-state index in [1.165, 1.54) is 12.1 Å². The third kappa shape index (κ3) is 5.09. The van der Waals surface area contributed by atoms with Crippen LogP contribution in [0, 0.1) is 41.7 Å². The Hall–Kier alpha value is -4.64. The molecule has 0 atom stereocenters. The molecule has 14 heteroatoms. The Morgan fingerprint density at radius 1 is 1.06 bits per heavy atom. The molecule has 32 heavy (non-hydrogen) atoms. The molecule has 0 saturated carbocycles. The van der Waals surface area contributed by atoms with Crippen LogP contribution in [0.1, 0.15) is 22.2 Å². The Morgan fingerprint density at radius 3 is 2.19 bits per heavy atom. The van der Waals surface area contributed by atoms with Crippen LogP contribution in [-0.4, -0.2) is 27.3 Å². The number of nitriles is 1. The Bertz CT molecular complexity index is 1280. The molecule has 2 N–H and O–H groups in total. The molecule has 0 bridgehead atoms. The summed E-state index contributed by atoms with van der Waals surface area (Å²) >= 11 is 1.10. The number of benzene rings is 2. The standard InChI is InChI=1S/C11H10N2O4S.C7H3N3O4/c1-2-17-11(14)10-9(12)7-4-3-6(13(15)16)5-8(7)18-10;8-4-5-1-2-6(9(11)12)3-7(5)10(13)14/h3-5H,2,12H2,1H3;1-3H. The maximum absolute atomic E-state index is 11.6. The number of carbonyl (C=O) groups is 1. The maximum atomic E-state index is 11.6. The monoisotopic (exact) mass is 459 g/mol. The number of nitrogen functional groups attached to an aromatic ring is 1. The van der Waals surface area contributed by atoms with Gasteiger partial charge in [0, 0.05) is 28.3 Å². The molecule has 1 heterocycles. The predicted molar refractivity (Wildman–Crippen MR) is 113 cm³/mol. The first-order valence-electron chi connectivity index (χ1n) is 8.57. The molecule has 2 aromatic carbocycles. The van der Waals surface area contributed by atoms with Gasteiger partial charge in [-0.2, -0.15) is 5.26 Å². The van der Waals surface area contributed by atoms with Gasteiger partial charge in [0.15, 0.2) is 0 Å². The van der Waals surface area contributed by atoms with E-state index in [2.05, 4.69) is 0 Å². The van der Waals surface area contributed by atoms with Crippen molar-refractivity contribution >= 4 is 50.1 Å². The van der Waals surface area contributed by atoms with Crippen molar-refractivity contribution in [3.63, 3.8) is 0 Å². The fourth-order valence-corrected chi connectivity index (χ4v) is 3.50. The van der Waals surface area contributed by atoms with E-state index in [9.17, 15) is 35.1 Å². The van der Waals surface area contributed by atoms with Crippen molar-refractivity contribution in [2.45, 2.75) is 6.92 Å². The Labute approximate surface area is 182 Å². The smallest absolute Gasteiger partial charge is 0.350 e. The topological polar surface area (TPSA) is 206 Å². The molecule has 0 aliphatic rings. The van der Waals surface area contributed by atoms with Gasteiger partial charge in [-0.05, 0) is 19.1 Å². The van der Waals surface area contributed by atoms with Gasteiger partial charge in [-0.15, -0.1) is 11.3 Å². The minimum absolute atomic E-state index is 0.0286. The molecule has 0 unspecified atom stereocenters. The minimum Gasteiger partial charge on any atom is -0.462 e. The van der Waals surface area contributed by atoms with Crippen LogP contribution in [0.2, 0.25) is 0 Å². The van der Waals surface area contributed by atoms with Crippen molar-refractivity contribution in [1.29, 1.82) is 5.26 Å². The normalized spacial score (nSPS) is 9.88. The first kappa shape index (κ1) is 23.6. The zero-order valence-electron chi connectivity index (χ0n) is 16.2. The van der Waals surface area contributed by atoms with Crippen LogP contribution in [0.5, 0.6) is 0 Å². The number of ether oxygens (including phenoxy) is 1. The molecule has 0 spiro atoms. The van der Waals surface area contributed by atoms with E-state index >= 15 is 0 Å². The maximum Gasteiger partial charge on any atom is 0.350 e. The highest BCUT2D eigenvalue weighted by Gasteiger charge is 2.20.